The van der Waals surface area contributed by atoms with E-state index in [4.69, 9.17) is 0 Å². The van der Waals surface area contributed by atoms with Crippen LogP contribution in [0, 0.1) is 0 Å². The first kappa shape index (κ1) is 10.4. The van der Waals surface area contributed by atoms with E-state index in [1.807, 2.05) is 30.3 Å². The monoisotopic (exact) mass is 191 g/mol. The second-order valence-corrected chi connectivity index (χ2v) is 3.09. The van der Waals surface area contributed by atoms with E-state index < -0.39 is 0 Å². The van der Waals surface area contributed by atoms with Crippen molar-refractivity contribution in [3.8, 4) is 0 Å². The first-order valence-corrected chi connectivity index (χ1v) is 4.50. The Balaban J connectivity index is 2.63. The third-order valence-corrected chi connectivity index (χ3v) is 1.92. The molecule has 1 amide bonds. The van der Waals surface area contributed by atoms with Gasteiger partial charge in [0.2, 0.25) is 6.41 Å². The first-order chi connectivity index (χ1) is 6.74. The summed E-state index contributed by atoms with van der Waals surface area (Å²) in [5.41, 5.74) is 0.823. The highest BCUT2D eigenvalue weighted by Gasteiger charge is 2.04. The van der Waals surface area contributed by atoms with Gasteiger partial charge in [-0.1, -0.05) is 18.2 Å². The molecule has 0 unspecified atom stereocenters. The second kappa shape index (κ2) is 5.17. The van der Waals surface area contributed by atoms with E-state index in [0.29, 0.717) is 13.0 Å². The number of Topliss-reactive ketones (excluding diaryl/α,β-unsaturated/α-hetero) is 1. The average Bonchev–Trinajstić information content (AvgIpc) is 2.20. The Morgan fingerprint density at radius 1 is 1.36 bits per heavy atom. The fraction of sp³-hybridized carbons (Fsp3) is 0.273. The van der Waals surface area contributed by atoms with Crippen molar-refractivity contribution in [2.75, 3.05) is 11.4 Å². The Kier molecular flexibility index (Phi) is 3.85. The van der Waals surface area contributed by atoms with Crippen LogP contribution in [0.25, 0.3) is 0 Å². The molecular formula is C11H13NO2. The molecule has 0 saturated carbocycles. The molecule has 0 radical (unpaired) electrons. The van der Waals surface area contributed by atoms with Crippen LogP contribution >= 0.6 is 0 Å². The maximum Gasteiger partial charge on any atom is 0.214 e. The topological polar surface area (TPSA) is 37.4 Å². The van der Waals surface area contributed by atoms with E-state index in [9.17, 15) is 9.59 Å². The lowest BCUT2D eigenvalue weighted by Gasteiger charge is -2.16. The Hall–Kier alpha value is -1.64. The van der Waals surface area contributed by atoms with Crippen molar-refractivity contribution in [1.82, 2.24) is 0 Å². The van der Waals surface area contributed by atoms with Gasteiger partial charge in [-0.05, 0) is 19.1 Å². The normalized spacial score (nSPS) is 9.50. The summed E-state index contributed by atoms with van der Waals surface area (Å²) in [6.07, 6.45) is 1.14. The summed E-state index contributed by atoms with van der Waals surface area (Å²) in [5.74, 6) is 0.0905. The average molecular weight is 191 g/mol. The van der Waals surface area contributed by atoms with Gasteiger partial charge in [-0.25, -0.2) is 0 Å². The van der Waals surface area contributed by atoms with Gasteiger partial charge in [-0.3, -0.25) is 9.59 Å². The molecular weight excluding hydrogens is 178 g/mol. The lowest BCUT2D eigenvalue weighted by atomic mass is 10.2. The summed E-state index contributed by atoms with van der Waals surface area (Å²) in [6, 6.07) is 9.29. The first-order valence-electron chi connectivity index (χ1n) is 4.50. The highest BCUT2D eigenvalue weighted by Crippen LogP contribution is 2.11. The second-order valence-electron chi connectivity index (χ2n) is 3.09. The minimum absolute atomic E-state index is 0.0905. The third kappa shape index (κ3) is 3.01. The van der Waals surface area contributed by atoms with E-state index in [1.54, 1.807) is 0 Å². The van der Waals surface area contributed by atoms with Crippen molar-refractivity contribution in [3.05, 3.63) is 30.3 Å². The molecule has 0 aliphatic carbocycles. The molecule has 0 heterocycles. The molecule has 0 spiro atoms. The number of nitrogens with zero attached hydrogens (tertiary/aromatic N) is 1. The molecule has 1 rings (SSSR count). The highest BCUT2D eigenvalue weighted by molar-refractivity contribution is 5.79. The number of hydrogen-bond donors (Lipinski definition) is 0. The molecule has 0 N–H and O–H groups in total. The standard InChI is InChI=1S/C11H13NO2/c1-10(14)7-8-12(9-13)11-5-3-2-4-6-11/h2-6,9H,7-8H2,1H3. The van der Waals surface area contributed by atoms with Gasteiger partial charge >= 0.3 is 0 Å². The molecule has 3 nitrogen and oxygen atoms in total. The fourth-order valence-corrected chi connectivity index (χ4v) is 1.14. The van der Waals surface area contributed by atoms with E-state index in [2.05, 4.69) is 0 Å². The van der Waals surface area contributed by atoms with Crippen molar-refractivity contribution < 1.29 is 9.59 Å². The van der Waals surface area contributed by atoms with Gasteiger partial charge in [0.1, 0.15) is 5.78 Å². The third-order valence-electron chi connectivity index (χ3n) is 1.92. The number of benzene rings is 1. The number of rotatable bonds is 5. The van der Waals surface area contributed by atoms with Crippen LogP contribution in [0.4, 0.5) is 5.69 Å². The minimum atomic E-state index is 0.0905. The van der Waals surface area contributed by atoms with Crippen LogP contribution in [0.2, 0.25) is 0 Å². The highest BCUT2D eigenvalue weighted by atomic mass is 16.1. The predicted octanol–water partition coefficient (Wildman–Crippen LogP) is 1.63. The van der Waals surface area contributed by atoms with Crippen molar-refractivity contribution in [2.24, 2.45) is 0 Å². The molecule has 0 aromatic heterocycles. The predicted molar refractivity (Wildman–Crippen MR) is 55.2 cm³/mol. The van der Waals surface area contributed by atoms with Crippen LogP contribution in [0.3, 0.4) is 0 Å². The van der Waals surface area contributed by atoms with E-state index in [0.717, 1.165) is 12.1 Å². The van der Waals surface area contributed by atoms with E-state index in [-0.39, 0.29) is 5.78 Å². The van der Waals surface area contributed by atoms with E-state index in [1.165, 1.54) is 11.8 Å². The van der Waals surface area contributed by atoms with Gasteiger partial charge in [0, 0.05) is 18.7 Å². The molecule has 0 saturated heterocycles. The van der Waals surface area contributed by atoms with Crippen molar-refractivity contribution in [1.29, 1.82) is 0 Å². The molecule has 3 heteroatoms. The van der Waals surface area contributed by atoms with Crippen LogP contribution in [-0.4, -0.2) is 18.7 Å². The maximum atomic E-state index is 10.8. The zero-order chi connectivity index (χ0) is 10.4. The van der Waals surface area contributed by atoms with E-state index >= 15 is 0 Å². The Morgan fingerprint density at radius 3 is 2.50 bits per heavy atom. The molecule has 0 bridgehead atoms. The molecule has 14 heavy (non-hydrogen) atoms. The smallest absolute Gasteiger partial charge is 0.214 e. The van der Waals surface area contributed by atoms with Gasteiger partial charge < -0.3 is 4.90 Å². The maximum absolute atomic E-state index is 10.8. The lowest BCUT2D eigenvalue weighted by Crippen LogP contribution is -2.23. The number of anilines is 1. The number of ketones is 1. The van der Waals surface area contributed by atoms with Crippen LogP contribution < -0.4 is 4.90 Å². The number of para-hydroxylation sites is 1. The fourth-order valence-electron chi connectivity index (χ4n) is 1.14. The Labute approximate surface area is 83.3 Å². The summed E-state index contributed by atoms with van der Waals surface area (Å²) in [5, 5.41) is 0. The SMILES string of the molecule is CC(=O)CCN(C=O)c1ccccc1. The molecule has 1 aromatic rings. The van der Waals surface area contributed by atoms with Gasteiger partial charge in [0.05, 0.1) is 0 Å². The lowest BCUT2D eigenvalue weighted by molar-refractivity contribution is -0.116. The molecule has 0 aliphatic rings. The zero-order valence-electron chi connectivity index (χ0n) is 8.14. The molecule has 74 valence electrons. The number of amides is 1. The molecule has 0 aliphatic heterocycles. The summed E-state index contributed by atoms with van der Waals surface area (Å²) in [6.45, 7) is 1.97. The molecule has 0 atom stereocenters. The summed E-state index contributed by atoms with van der Waals surface area (Å²) in [7, 11) is 0. The quantitative estimate of drug-likeness (QED) is 0.663. The molecule has 1 aromatic carbocycles. The summed E-state index contributed by atoms with van der Waals surface area (Å²) < 4.78 is 0. The summed E-state index contributed by atoms with van der Waals surface area (Å²) in [4.78, 5) is 23.0. The van der Waals surface area contributed by atoms with Crippen LogP contribution in [0.5, 0.6) is 0 Å². The minimum Gasteiger partial charge on any atom is -0.315 e. The van der Waals surface area contributed by atoms with Gasteiger partial charge in [0.15, 0.2) is 0 Å². The van der Waals surface area contributed by atoms with Crippen molar-refractivity contribution >= 4 is 17.9 Å². The summed E-state index contributed by atoms with van der Waals surface area (Å²) >= 11 is 0. The molecule has 0 fully saturated rings. The number of carbonyl (C=O) groups is 2. The van der Waals surface area contributed by atoms with Crippen molar-refractivity contribution in [3.63, 3.8) is 0 Å². The largest absolute Gasteiger partial charge is 0.315 e. The van der Waals surface area contributed by atoms with Gasteiger partial charge in [0.25, 0.3) is 0 Å². The van der Waals surface area contributed by atoms with Crippen LogP contribution in [0.15, 0.2) is 30.3 Å². The van der Waals surface area contributed by atoms with Gasteiger partial charge in [-0.15, -0.1) is 0 Å². The zero-order valence-corrected chi connectivity index (χ0v) is 8.14. The van der Waals surface area contributed by atoms with Crippen molar-refractivity contribution in [2.45, 2.75) is 13.3 Å². The Morgan fingerprint density at radius 2 is 2.00 bits per heavy atom. The number of carbonyl (C=O) groups excluding carboxylic acids is 2. The van der Waals surface area contributed by atoms with Crippen LogP contribution in [-0.2, 0) is 9.59 Å². The van der Waals surface area contributed by atoms with Crippen LogP contribution in [0.1, 0.15) is 13.3 Å². The van der Waals surface area contributed by atoms with Gasteiger partial charge in [-0.2, -0.15) is 0 Å². The Bertz CT molecular complexity index is 308. The number of hydrogen-bond acceptors (Lipinski definition) is 2.